The summed E-state index contributed by atoms with van der Waals surface area (Å²) in [7, 11) is 0. The summed E-state index contributed by atoms with van der Waals surface area (Å²) in [5.41, 5.74) is 3.79. The molecular formula is C18H24N2. The fourth-order valence-corrected chi connectivity index (χ4v) is 3.57. The molecule has 1 aromatic heterocycles. The van der Waals surface area contributed by atoms with Gasteiger partial charge in [-0.15, -0.1) is 0 Å². The van der Waals surface area contributed by atoms with Gasteiger partial charge in [0.15, 0.2) is 0 Å². The summed E-state index contributed by atoms with van der Waals surface area (Å²) in [6.07, 6.45) is 3.81. The van der Waals surface area contributed by atoms with Gasteiger partial charge in [-0.1, -0.05) is 25.1 Å². The molecule has 0 spiro atoms. The van der Waals surface area contributed by atoms with Crippen LogP contribution in [0.3, 0.4) is 0 Å². The first-order valence-corrected chi connectivity index (χ1v) is 7.86. The number of rotatable bonds is 3. The fraction of sp³-hybridized carbons (Fsp3) is 0.500. The van der Waals surface area contributed by atoms with Crippen molar-refractivity contribution in [1.29, 1.82) is 0 Å². The number of pyridine rings is 1. The first kappa shape index (κ1) is 13.6. The standard InChI is InChI=1S/C18H24N2/c1-3-15(14-7-6-10-19-12-14)18-11-13(2)16-8-4-5-9-17(16)20-18/h4-5,8-9,11,14-15,19H,3,6-7,10,12H2,1-2H3. The maximum Gasteiger partial charge on any atom is 0.0708 e. The van der Waals surface area contributed by atoms with Crippen LogP contribution >= 0.6 is 0 Å². The summed E-state index contributed by atoms with van der Waals surface area (Å²) >= 11 is 0. The van der Waals surface area contributed by atoms with Crippen LogP contribution in [0.4, 0.5) is 0 Å². The Morgan fingerprint density at radius 2 is 2.20 bits per heavy atom. The van der Waals surface area contributed by atoms with Crippen LogP contribution in [0, 0.1) is 12.8 Å². The molecule has 1 aromatic carbocycles. The van der Waals surface area contributed by atoms with Crippen molar-refractivity contribution in [3.63, 3.8) is 0 Å². The molecule has 0 radical (unpaired) electrons. The molecule has 2 unspecified atom stereocenters. The van der Waals surface area contributed by atoms with E-state index in [0.29, 0.717) is 5.92 Å². The minimum absolute atomic E-state index is 0.589. The maximum atomic E-state index is 4.95. The van der Waals surface area contributed by atoms with Crippen molar-refractivity contribution in [2.45, 2.75) is 39.0 Å². The normalized spacial score (nSPS) is 21.0. The Morgan fingerprint density at radius 3 is 2.95 bits per heavy atom. The zero-order chi connectivity index (χ0) is 13.9. The van der Waals surface area contributed by atoms with Crippen molar-refractivity contribution >= 4 is 10.9 Å². The van der Waals surface area contributed by atoms with Gasteiger partial charge in [0.2, 0.25) is 0 Å². The highest BCUT2D eigenvalue weighted by molar-refractivity contribution is 5.82. The molecule has 2 heterocycles. The monoisotopic (exact) mass is 268 g/mol. The van der Waals surface area contributed by atoms with Crippen molar-refractivity contribution in [3.05, 3.63) is 41.6 Å². The predicted octanol–water partition coefficient (Wildman–Crippen LogP) is 4.04. The molecule has 0 bridgehead atoms. The van der Waals surface area contributed by atoms with Gasteiger partial charge in [0.05, 0.1) is 5.52 Å². The van der Waals surface area contributed by atoms with Gasteiger partial charge in [-0.3, -0.25) is 4.98 Å². The molecule has 2 nitrogen and oxygen atoms in total. The van der Waals surface area contributed by atoms with Crippen LogP contribution in [0.1, 0.15) is 43.4 Å². The van der Waals surface area contributed by atoms with Crippen molar-refractivity contribution in [1.82, 2.24) is 10.3 Å². The largest absolute Gasteiger partial charge is 0.316 e. The van der Waals surface area contributed by atoms with Crippen molar-refractivity contribution < 1.29 is 0 Å². The third kappa shape index (κ3) is 2.57. The predicted molar refractivity (Wildman–Crippen MR) is 85.1 cm³/mol. The summed E-state index contributed by atoms with van der Waals surface area (Å²) in [4.78, 5) is 4.95. The van der Waals surface area contributed by atoms with E-state index in [4.69, 9.17) is 4.98 Å². The Hall–Kier alpha value is -1.41. The van der Waals surface area contributed by atoms with Crippen LogP contribution in [-0.2, 0) is 0 Å². The van der Waals surface area contributed by atoms with Crippen LogP contribution in [-0.4, -0.2) is 18.1 Å². The summed E-state index contributed by atoms with van der Waals surface area (Å²) < 4.78 is 0. The van der Waals surface area contributed by atoms with Crippen molar-refractivity contribution in [2.75, 3.05) is 13.1 Å². The number of piperidine rings is 1. The van der Waals surface area contributed by atoms with Crippen molar-refractivity contribution in [3.8, 4) is 0 Å². The molecule has 1 fully saturated rings. The molecule has 0 amide bonds. The summed E-state index contributed by atoms with van der Waals surface area (Å²) in [5, 5.41) is 4.83. The lowest BCUT2D eigenvalue weighted by Gasteiger charge is -2.30. The van der Waals surface area contributed by atoms with E-state index in [1.165, 1.54) is 42.5 Å². The summed E-state index contributed by atoms with van der Waals surface area (Å²) in [6, 6.07) is 10.8. The molecule has 2 heteroatoms. The average Bonchev–Trinajstić information content (AvgIpc) is 2.49. The van der Waals surface area contributed by atoms with E-state index in [2.05, 4.69) is 49.5 Å². The van der Waals surface area contributed by atoms with Gasteiger partial charge in [-0.25, -0.2) is 0 Å². The third-order valence-electron chi connectivity index (χ3n) is 4.67. The second kappa shape index (κ2) is 5.92. The molecule has 1 N–H and O–H groups in total. The van der Waals surface area contributed by atoms with E-state index >= 15 is 0 Å². The molecule has 2 atom stereocenters. The number of fused-ring (bicyclic) bond motifs is 1. The number of para-hydroxylation sites is 1. The summed E-state index contributed by atoms with van der Waals surface area (Å²) in [6.45, 7) is 6.83. The van der Waals surface area contributed by atoms with Crippen molar-refractivity contribution in [2.24, 2.45) is 5.92 Å². The Balaban J connectivity index is 1.98. The highest BCUT2D eigenvalue weighted by Gasteiger charge is 2.25. The smallest absolute Gasteiger partial charge is 0.0708 e. The molecule has 20 heavy (non-hydrogen) atoms. The van der Waals surface area contributed by atoms with E-state index in [1.54, 1.807) is 0 Å². The maximum absolute atomic E-state index is 4.95. The Morgan fingerprint density at radius 1 is 1.35 bits per heavy atom. The molecule has 0 saturated carbocycles. The molecule has 1 aliphatic heterocycles. The topological polar surface area (TPSA) is 24.9 Å². The first-order chi connectivity index (χ1) is 9.79. The van der Waals surface area contributed by atoms with E-state index in [-0.39, 0.29) is 0 Å². The number of aryl methyl sites for hydroxylation is 1. The highest BCUT2D eigenvalue weighted by Crippen LogP contribution is 2.33. The van der Waals surface area contributed by atoms with E-state index in [9.17, 15) is 0 Å². The number of nitrogens with zero attached hydrogens (tertiary/aromatic N) is 1. The first-order valence-electron chi connectivity index (χ1n) is 7.86. The van der Waals surface area contributed by atoms with Gasteiger partial charge < -0.3 is 5.32 Å². The minimum atomic E-state index is 0.589. The Bertz CT molecular complexity index is 585. The van der Waals surface area contributed by atoms with Gasteiger partial charge in [0.1, 0.15) is 0 Å². The van der Waals surface area contributed by atoms with E-state index in [0.717, 1.165) is 18.0 Å². The second-order valence-electron chi connectivity index (χ2n) is 6.00. The van der Waals surface area contributed by atoms with Gasteiger partial charge in [-0.2, -0.15) is 0 Å². The number of hydrogen-bond acceptors (Lipinski definition) is 2. The minimum Gasteiger partial charge on any atom is -0.316 e. The molecule has 0 aliphatic carbocycles. The zero-order valence-corrected chi connectivity index (χ0v) is 12.5. The van der Waals surface area contributed by atoms with Crippen LogP contribution in [0.2, 0.25) is 0 Å². The van der Waals surface area contributed by atoms with Gasteiger partial charge in [0.25, 0.3) is 0 Å². The quantitative estimate of drug-likeness (QED) is 0.909. The van der Waals surface area contributed by atoms with Crippen LogP contribution < -0.4 is 5.32 Å². The number of hydrogen-bond donors (Lipinski definition) is 1. The summed E-state index contributed by atoms with van der Waals surface area (Å²) in [5.74, 6) is 1.33. The Labute approximate surface area is 121 Å². The molecule has 106 valence electrons. The average molecular weight is 268 g/mol. The number of benzene rings is 1. The molecule has 1 aliphatic rings. The Kier molecular flexibility index (Phi) is 4.02. The van der Waals surface area contributed by atoms with Crippen LogP contribution in [0.15, 0.2) is 30.3 Å². The molecule has 3 rings (SSSR count). The number of nitrogens with one attached hydrogen (secondary N) is 1. The fourth-order valence-electron chi connectivity index (χ4n) is 3.57. The van der Waals surface area contributed by atoms with E-state index < -0.39 is 0 Å². The lowest BCUT2D eigenvalue weighted by molar-refractivity contribution is 0.313. The lowest BCUT2D eigenvalue weighted by Crippen LogP contribution is -2.33. The highest BCUT2D eigenvalue weighted by atomic mass is 14.9. The van der Waals surface area contributed by atoms with Crippen LogP contribution in [0.5, 0.6) is 0 Å². The zero-order valence-electron chi connectivity index (χ0n) is 12.5. The van der Waals surface area contributed by atoms with Gasteiger partial charge in [-0.05, 0) is 62.9 Å². The molecule has 1 saturated heterocycles. The molecular weight excluding hydrogens is 244 g/mol. The lowest BCUT2D eigenvalue weighted by atomic mass is 9.81. The van der Waals surface area contributed by atoms with Gasteiger partial charge >= 0.3 is 0 Å². The van der Waals surface area contributed by atoms with E-state index in [1.807, 2.05) is 0 Å². The molecule has 2 aromatic rings. The second-order valence-corrected chi connectivity index (χ2v) is 6.00. The van der Waals surface area contributed by atoms with Gasteiger partial charge in [0, 0.05) is 17.0 Å². The third-order valence-corrected chi connectivity index (χ3v) is 4.67. The SMILES string of the molecule is CCC(c1cc(C)c2ccccc2n1)C1CCCNC1. The number of aromatic nitrogens is 1. The van der Waals surface area contributed by atoms with Crippen LogP contribution in [0.25, 0.3) is 10.9 Å².